The minimum atomic E-state index is 0.396. The molecule has 0 bridgehead atoms. The van der Waals surface area contributed by atoms with Crippen LogP contribution >= 0.6 is 0 Å². The summed E-state index contributed by atoms with van der Waals surface area (Å²) in [6, 6.07) is 0. The van der Waals surface area contributed by atoms with Gasteiger partial charge in [-0.05, 0) is 36.0 Å². The van der Waals surface area contributed by atoms with Crippen LogP contribution in [0.25, 0.3) is 0 Å². The van der Waals surface area contributed by atoms with Crippen LogP contribution < -0.4 is 0 Å². The monoisotopic (exact) mass is 211 g/mol. The van der Waals surface area contributed by atoms with Gasteiger partial charge >= 0.3 is 0 Å². The van der Waals surface area contributed by atoms with Gasteiger partial charge < -0.3 is 0 Å². The van der Waals surface area contributed by atoms with E-state index in [1.54, 1.807) is 5.92 Å². The maximum absolute atomic E-state index is 2.38. The van der Waals surface area contributed by atoms with Crippen molar-refractivity contribution >= 4 is 0 Å². The van der Waals surface area contributed by atoms with E-state index >= 15 is 0 Å². The van der Waals surface area contributed by atoms with Crippen molar-refractivity contribution in [2.45, 2.75) is 74.1 Å². The summed E-state index contributed by atoms with van der Waals surface area (Å²) in [5.41, 5.74) is 0.396. The third-order valence-electron chi connectivity index (χ3n) is 3.64. The first-order chi connectivity index (χ1) is 6.81. The molecule has 15 heavy (non-hydrogen) atoms. The highest BCUT2D eigenvalue weighted by Crippen LogP contribution is 2.39. The molecule has 0 N–H and O–H groups in total. The van der Waals surface area contributed by atoms with E-state index in [0.29, 0.717) is 5.41 Å². The van der Waals surface area contributed by atoms with E-state index in [4.69, 9.17) is 0 Å². The highest BCUT2D eigenvalue weighted by Gasteiger charge is 2.27. The second-order valence-corrected chi connectivity index (χ2v) is 6.29. The number of hydrogen-bond donors (Lipinski definition) is 0. The highest BCUT2D eigenvalue weighted by molar-refractivity contribution is 5.02. The van der Waals surface area contributed by atoms with Crippen molar-refractivity contribution in [3.8, 4) is 0 Å². The average Bonchev–Trinajstić information content (AvgIpc) is 2.14. The van der Waals surface area contributed by atoms with Crippen LogP contribution in [0.3, 0.4) is 0 Å². The van der Waals surface area contributed by atoms with Crippen LogP contribution in [0.4, 0.5) is 0 Å². The first-order valence-corrected chi connectivity index (χ1v) is 6.66. The minimum Gasteiger partial charge on any atom is -0.0651 e. The molecule has 0 rings (SSSR count). The molecule has 0 saturated carbocycles. The Balaban J connectivity index is 4.32. The molecule has 1 radical (unpaired) electrons. The molecule has 0 aromatic heterocycles. The zero-order valence-electron chi connectivity index (χ0n) is 12.0. The summed E-state index contributed by atoms with van der Waals surface area (Å²) >= 11 is 0. The smallest absolute Gasteiger partial charge is 0.0182 e. The largest absolute Gasteiger partial charge is 0.0651 e. The molecule has 0 saturated heterocycles. The van der Waals surface area contributed by atoms with Gasteiger partial charge in [-0.15, -0.1) is 0 Å². The molecule has 2 unspecified atom stereocenters. The fourth-order valence-electron chi connectivity index (χ4n) is 1.83. The Hall–Kier alpha value is 0. The molecule has 91 valence electrons. The summed E-state index contributed by atoms with van der Waals surface area (Å²) in [5.74, 6) is 3.47. The molecule has 0 aromatic carbocycles. The first-order valence-electron chi connectivity index (χ1n) is 6.66. The Morgan fingerprint density at radius 3 is 1.40 bits per heavy atom. The summed E-state index contributed by atoms with van der Waals surface area (Å²) in [6.07, 6.45) is 5.26. The molecular formula is C15H31. The van der Waals surface area contributed by atoms with Crippen LogP contribution in [0.1, 0.15) is 74.1 Å². The van der Waals surface area contributed by atoms with E-state index in [2.05, 4.69) is 48.5 Å². The van der Waals surface area contributed by atoms with Crippen molar-refractivity contribution in [3.63, 3.8) is 0 Å². The molecule has 0 aliphatic rings. The van der Waals surface area contributed by atoms with Crippen molar-refractivity contribution in [3.05, 3.63) is 5.92 Å². The van der Waals surface area contributed by atoms with E-state index in [1.165, 1.54) is 25.7 Å². The average molecular weight is 211 g/mol. The van der Waals surface area contributed by atoms with Gasteiger partial charge in [-0.25, -0.2) is 0 Å². The lowest BCUT2D eigenvalue weighted by molar-refractivity contribution is 0.317. The lowest BCUT2D eigenvalue weighted by Gasteiger charge is -2.34. The minimum absolute atomic E-state index is 0.396. The summed E-state index contributed by atoms with van der Waals surface area (Å²) in [4.78, 5) is 0. The molecule has 0 amide bonds. The highest BCUT2D eigenvalue weighted by atomic mass is 14.3. The molecule has 0 heterocycles. The lowest BCUT2D eigenvalue weighted by Crippen LogP contribution is -2.22. The van der Waals surface area contributed by atoms with Crippen LogP contribution in [0.5, 0.6) is 0 Å². The predicted molar refractivity (Wildman–Crippen MR) is 70.8 cm³/mol. The van der Waals surface area contributed by atoms with E-state index in [-0.39, 0.29) is 0 Å². The molecule has 0 aliphatic heterocycles. The molecule has 0 nitrogen and oxygen atoms in total. The van der Waals surface area contributed by atoms with Crippen LogP contribution in [-0.2, 0) is 0 Å². The van der Waals surface area contributed by atoms with Gasteiger partial charge in [-0.3, -0.25) is 0 Å². The summed E-state index contributed by atoms with van der Waals surface area (Å²) < 4.78 is 0. The predicted octanol–water partition coefficient (Wildman–Crippen LogP) is 5.48. The van der Waals surface area contributed by atoms with Crippen molar-refractivity contribution in [2.75, 3.05) is 0 Å². The Labute approximate surface area is 97.8 Å². The molecule has 0 spiro atoms. The Morgan fingerprint density at radius 1 is 0.867 bits per heavy atom. The molecule has 0 aromatic rings. The summed E-state index contributed by atoms with van der Waals surface area (Å²) in [5, 5.41) is 0. The second-order valence-electron chi connectivity index (χ2n) is 6.29. The normalized spacial score (nSPS) is 16.8. The number of hydrogen-bond acceptors (Lipinski definition) is 0. The van der Waals surface area contributed by atoms with Gasteiger partial charge in [0.25, 0.3) is 0 Å². The van der Waals surface area contributed by atoms with E-state index in [9.17, 15) is 0 Å². The van der Waals surface area contributed by atoms with E-state index in [1.807, 2.05) is 0 Å². The molecular weight excluding hydrogens is 180 g/mol. The van der Waals surface area contributed by atoms with Crippen molar-refractivity contribution < 1.29 is 0 Å². The van der Waals surface area contributed by atoms with E-state index < -0.39 is 0 Å². The standard InChI is InChI=1S/C15H31/c1-8-12(3)10-14(15(5,6)7)11-13(4)9-2/h12-13H,8-11H2,1-7H3. The maximum atomic E-state index is 2.38. The topological polar surface area (TPSA) is 0 Å². The molecule has 0 fully saturated rings. The Morgan fingerprint density at radius 2 is 1.20 bits per heavy atom. The zero-order valence-corrected chi connectivity index (χ0v) is 12.0. The van der Waals surface area contributed by atoms with Gasteiger partial charge in [-0.1, -0.05) is 61.3 Å². The van der Waals surface area contributed by atoms with Crippen molar-refractivity contribution in [2.24, 2.45) is 17.3 Å². The third-order valence-corrected chi connectivity index (χ3v) is 3.64. The van der Waals surface area contributed by atoms with Crippen LogP contribution in [-0.4, -0.2) is 0 Å². The fraction of sp³-hybridized carbons (Fsp3) is 0.933. The second kappa shape index (κ2) is 6.55. The van der Waals surface area contributed by atoms with Gasteiger partial charge in [0.15, 0.2) is 0 Å². The van der Waals surface area contributed by atoms with Crippen molar-refractivity contribution in [1.29, 1.82) is 0 Å². The summed E-state index contributed by atoms with van der Waals surface area (Å²) in [6.45, 7) is 16.5. The molecule has 0 heteroatoms. The fourth-order valence-corrected chi connectivity index (χ4v) is 1.83. The van der Waals surface area contributed by atoms with Crippen molar-refractivity contribution in [1.82, 2.24) is 0 Å². The summed E-state index contributed by atoms with van der Waals surface area (Å²) in [7, 11) is 0. The van der Waals surface area contributed by atoms with Crippen LogP contribution in [0.2, 0.25) is 0 Å². The van der Waals surface area contributed by atoms with Gasteiger partial charge in [0.1, 0.15) is 0 Å². The van der Waals surface area contributed by atoms with Crippen LogP contribution in [0, 0.1) is 23.2 Å². The van der Waals surface area contributed by atoms with E-state index in [0.717, 1.165) is 11.8 Å². The van der Waals surface area contributed by atoms with Gasteiger partial charge in [0, 0.05) is 0 Å². The van der Waals surface area contributed by atoms with Gasteiger partial charge in [0.2, 0.25) is 0 Å². The first kappa shape index (κ1) is 15.0. The Kier molecular flexibility index (Phi) is 6.55. The zero-order chi connectivity index (χ0) is 12.1. The van der Waals surface area contributed by atoms with Gasteiger partial charge in [-0.2, -0.15) is 0 Å². The molecule has 0 aliphatic carbocycles. The number of rotatable bonds is 6. The Bertz CT molecular complexity index is 140. The molecule has 2 atom stereocenters. The third kappa shape index (κ3) is 6.22. The van der Waals surface area contributed by atoms with Gasteiger partial charge in [0.05, 0.1) is 0 Å². The SMILES string of the molecule is CCC(C)C[C](CC(C)CC)C(C)(C)C. The lowest BCUT2D eigenvalue weighted by atomic mass is 9.71. The quantitative estimate of drug-likeness (QED) is 0.546. The maximum Gasteiger partial charge on any atom is -0.0182 e. The van der Waals surface area contributed by atoms with Crippen LogP contribution in [0.15, 0.2) is 0 Å².